The number of aliphatic imine (C=N–C) groups is 2. The van der Waals surface area contributed by atoms with Gasteiger partial charge in [-0.25, -0.2) is 9.98 Å². The van der Waals surface area contributed by atoms with Crippen LogP contribution < -0.4 is 4.90 Å². The van der Waals surface area contributed by atoms with Crippen molar-refractivity contribution in [2.45, 2.75) is 33.2 Å². The predicted molar refractivity (Wildman–Crippen MR) is 89.6 cm³/mol. The number of fused-ring (bicyclic) bond motifs is 1. The maximum atomic E-state index is 5.20. The standard InChI is InChI=1S/C15H19N3O.C2H6/c1-11-3-5-13(6-4-11)18(7-8-19-2)15-16-10-12-9-14(12)17-15;1-2/h3-6,10,12,14H,7-9H2,1-2H3;1-2H3. The van der Waals surface area contributed by atoms with E-state index in [1.807, 2.05) is 20.1 Å². The van der Waals surface area contributed by atoms with Crippen LogP contribution in [-0.4, -0.2) is 38.5 Å². The molecule has 3 rings (SSSR count). The summed E-state index contributed by atoms with van der Waals surface area (Å²) >= 11 is 0. The number of methoxy groups -OCH3 is 1. The van der Waals surface area contributed by atoms with Crippen molar-refractivity contribution >= 4 is 17.9 Å². The Bertz CT molecular complexity index is 507. The van der Waals surface area contributed by atoms with Gasteiger partial charge in [-0.15, -0.1) is 0 Å². The second kappa shape index (κ2) is 7.36. The molecule has 1 aromatic rings. The highest BCUT2D eigenvalue weighted by molar-refractivity contribution is 6.02. The Balaban J connectivity index is 0.000000774. The first-order valence-corrected chi connectivity index (χ1v) is 7.73. The van der Waals surface area contributed by atoms with E-state index in [0.29, 0.717) is 18.6 Å². The normalized spacial score (nSPS) is 21.8. The van der Waals surface area contributed by atoms with Crippen molar-refractivity contribution in [2.24, 2.45) is 15.9 Å². The Morgan fingerprint density at radius 3 is 2.57 bits per heavy atom. The minimum Gasteiger partial charge on any atom is -0.383 e. The molecule has 2 atom stereocenters. The molecule has 0 radical (unpaired) electrons. The number of ether oxygens (including phenoxy) is 1. The summed E-state index contributed by atoms with van der Waals surface area (Å²) < 4.78 is 5.20. The molecule has 0 aromatic heterocycles. The molecule has 2 unspecified atom stereocenters. The predicted octanol–water partition coefficient (Wildman–Crippen LogP) is 3.30. The van der Waals surface area contributed by atoms with Gasteiger partial charge in [0.1, 0.15) is 0 Å². The third-order valence-electron chi connectivity index (χ3n) is 3.57. The second-order valence-electron chi connectivity index (χ2n) is 5.15. The van der Waals surface area contributed by atoms with Gasteiger partial charge in [0.25, 0.3) is 0 Å². The maximum absolute atomic E-state index is 5.20. The monoisotopic (exact) mass is 287 g/mol. The summed E-state index contributed by atoms with van der Waals surface area (Å²) in [6, 6.07) is 8.91. The highest BCUT2D eigenvalue weighted by Crippen LogP contribution is 2.35. The van der Waals surface area contributed by atoms with E-state index in [0.717, 1.165) is 24.6 Å². The molecule has 1 saturated carbocycles. The zero-order valence-corrected chi connectivity index (χ0v) is 13.4. The van der Waals surface area contributed by atoms with Gasteiger partial charge in [0.05, 0.1) is 12.6 Å². The van der Waals surface area contributed by atoms with Crippen molar-refractivity contribution in [1.82, 2.24) is 0 Å². The van der Waals surface area contributed by atoms with Crippen molar-refractivity contribution < 1.29 is 4.74 Å². The van der Waals surface area contributed by atoms with Gasteiger partial charge in [-0.05, 0) is 25.5 Å². The molecule has 0 bridgehead atoms. The average Bonchev–Trinajstić information content (AvgIpc) is 3.30. The smallest absolute Gasteiger partial charge is 0.225 e. The first-order valence-electron chi connectivity index (χ1n) is 7.73. The van der Waals surface area contributed by atoms with Gasteiger partial charge < -0.3 is 9.64 Å². The van der Waals surface area contributed by atoms with E-state index in [-0.39, 0.29) is 0 Å². The van der Waals surface area contributed by atoms with E-state index in [1.165, 1.54) is 5.56 Å². The topological polar surface area (TPSA) is 37.2 Å². The molecule has 1 heterocycles. The molecule has 1 aromatic carbocycles. The maximum Gasteiger partial charge on any atom is 0.225 e. The Morgan fingerprint density at radius 1 is 1.24 bits per heavy atom. The number of aryl methyl sites for hydroxylation is 1. The number of benzene rings is 1. The van der Waals surface area contributed by atoms with Crippen LogP contribution in [0.2, 0.25) is 0 Å². The molecule has 1 fully saturated rings. The van der Waals surface area contributed by atoms with Crippen molar-refractivity contribution in [3.8, 4) is 0 Å². The van der Waals surface area contributed by atoms with Crippen LogP contribution in [0, 0.1) is 12.8 Å². The molecular weight excluding hydrogens is 262 g/mol. The lowest BCUT2D eigenvalue weighted by molar-refractivity contribution is 0.208. The molecule has 1 aliphatic carbocycles. The number of guanidine groups is 1. The number of anilines is 1. The third kappa shape index (κ3) is 3.91. The molecule has 1 aliphatic heterocycles. The third-order valence-corrected chi connectivity index (χ3v) is 3.57. The van der Waals surface area contributed by atoms with E-state index in [9.17, 15) is 0 Å². The minimum atomic E-state index is 0.461. The highest BCUT2D eigenvalue weighted by Gasteiger charge is 2.39. The fraction of sp³-hybridized carbons (Fsp3) is 0.529. The molecule has 4 nitrogen and oxygen atoms in total. The van der Waals surface area contributed by atoms with Gasteiger partial charge in [0.2, 0.25) is 5.96 Å². The number of nitrogens with zero attached hydrogens (tertiary/aromatic N) is 3. The Kier molecular flexibility index (Phi) is 5.51. The summed E-state index contributed by atoms with van der Waals surface area (Å²) in [5.41, 5.74) is 2.38. The largest absolute Gasteiger partial charge is 0.383 e. The van der Waals surface area contributed by atoms with Crippen LogP contribution in [0.1, 0.15) is 25.8 Å². The van der Waals surface area contributed by atoms with Crippen molar-refractivity contribution in [2.75, 3.05) is 25.2 Å². The van der Waals surface area contributed by atoms with E-state index in [1.54, 1.807) is 7.11 Å². The summed E-state index contributed by atoms with van der Waals surface area (Å²) in [5, 5.41) is 0. The van der Waals surface area contributed by atoms with E-state index >= 15 is 0 Å². The molecule has 114 valence electrons. The Morgan fingerprint density at radius 2 is 1.95 bits per heavy atom. The highest BCUT2D eigenvalue weighted by atomic mass is 16.5. The Labute approximate surface area is 127 Å². The van der Waals surface area contributed by atoms with Gasteiger partial charge >= 0.3 is 0 Å². The fourth-order valence-electron chi connectivity index (χ4n) is 2.24. The first-order chi connectivity index (χ1) is 10.3. The summed E-state index contributed by atoms with van der Waals surface area (Å²) in [5.74, 6) is 1.41. The van der Waals surface area contributed by atoms with E-state index in [2.05, 4.69) is 41.1 Å². The summed E-state index contributed by atoms with van der Waals surface area (Å²) in [4.78, 5) is 11.3. The van der Waals surface area contributed by atoms with Crippen LogP contribution in [0.4, 0.5) is 5.69 Å². The van der Waals surface area contributed by atoms with E-state index < -0.39 is 0 Å². The van der Waals surface area contributed by atoms with Gasteiger partial charge in [0.15, 0.2) is 0 Å². The number of hydrogen-bond acceptors (Lipinski definition) is 4. The molecule has 0 amide bonds. The molecule has 4 heteroatoms. The summed E-state index contributed by atoms with van der Waals surface area (Å²) in [6.07, 6.45) is 3.19. The van der Waals surface area contributed by atoms with Crippen molar-refractivity contribution in [1.29, 1.82) is 0 Å². The second-order valence-corrected chi connectivity index (χ2v) is 5.15. The Hall–Kier alpha value is -1.68. The molecule has 0 N–H and O–H groups in total. The minimum absolute atomic E-state index is 0.461. The molecule has 0 spiro atoms. The molecule has 2 aliphatic rings. The molecule has 21 heavy (non-hydrogen) atoms. The van der Waals surface area contributed by atoms with Gasteiger partial charge in [-0.1, -0.05) is 31.5 Å². The lowest BCUT2D eigenvalue weighted by atomic mass is 10.2. The van der Waals surface area contributed by atoms with Gasteiger partial charge in [-0.2, -0.15) is 0 Å². The fourth-order valence-corrected chi connectivity index (χ4v) is 2.24. The van der Waals surface area contributed by atoms with Crippen LogP contribution in [0.25, 0.3) is 0 Å². The van der Waals surface area contributed by atoms with Gasteiger partial charge in [-0.3, -0.25) is 0 Å². The lowest BCUT2D eigenvalue weighted by Crippen LogP contribution is -2.34. The zero-order valence-electron chi connectivity index (χ0n) is 13.4. The van der Waals surface area contributed by atoms with E-state index in [4.69, 9.17) is 9.73 Å². The number of rotatable bonds is 4. The first kappa shape index (κ1) is 15.7. The number of hydrogen-bond donors (Lipinski definition) is 0. The van der Waals surface area contributed by atoms with Crippen LogP contribution in [0.3, 0.4) is 0 Å². The SMILES string of the molecule is CC.COCCN(C1=NC2CC2C=N1)c1ccc(C)cc1. The van der Waals surface area contributed by atoms with Crippen molar-refractivity contribution in [3.05, 3.63) is 29.8 Å². The zero-order chi connectivity index (χ0) is 15.2. The van der Waals surface area contributed by atoms with Crippen LogP contribution >= 0.6 is 0 Å². The van der Waals surface area contributed by atoms with Crippen molar-refractivity contribution in [3.63, 3.8) is 0 Å². The van der Waals surface area contributed by atoms with Gasteiger partial charge in [0, 0.05) is 31.5 Å². The average molecular weight is 287 g/mol. The summed E-state index contributed by atoms with van der Waals surface area (Å²) in [6.45, 7) is 7.53. The lowest BCUT2D eigenvalue weighted by Gasteiger charge is -2.24. The van der Waals surface area contributed by atoms with Crippen LogP contribution in [-0.2, 0) is 4.74 Å². The molecule has 0 saturated heterocycles. The molecular formula is C17H25N3O. The van der Waals surface area contributed by atoms with Crippen LogP contribution in [0.5, 0.6) is 0 Å². The summed E-state index contributed by atoms with van der Waals surface area (Å²) in [7, 11) is 1.72. The quantitative estimate of drug-likeness (QED) is 0.852. The van der Waals surface area contributed by atoms with Crippen LogP contribution in [0.15, 0.2) is 34.3 Å².